The van der Waals surface area contributed by atoms with Gasteiger partial charge in [0.2, 0.25) is 0 Å². The highest BCUT2D eigenvalue weighted by molar-refractivity contribution is 5.69. The molecule has 1 fully saturated rings. The summed E-state index contributed by atoms with van der Waals surface area (Å²) >= 11 is 0. The first kappa shape index (κ1) is 17.8. The lowest BCUT2D eigenvalue weighted by Gasteiger charge is -2.28. The molecule has 1 aromatic carbocycles. The van der Waals surface area contributed by atoms with Crippen LogP contribution in [-0.2, 0) is 17.9 Å². The van der Waals surface area contributed by atoms with E-state index in [1.165, 1.54) is 0 Å². The van der Waals surface area contributed by atoms with Crippen LogP contribution in [0.3, 0.4) is 0 Å². The van der Waals surface area contributed by atoms with Crippen molar-refractivity contribution >= 4 is 6.09 Å². The van der Waals surface area contributed by atoms with Crippen LogP contribution in [-0.4, -0.2) is 40.8 Å². The molecule has 0 spiro atoms. The molecule has 1 saturated heterocycles. The zero-order valence-corrected chi connectivity index (χ0v) is 14.3. The van der Waals surface area contributed by atoms with Crippen LogP contribution in [0.25, 0.3) is 0 Å². The average molecular weight is 320 g/mol. The number of aliphatic hydroxyl groups excluding tert-OH is 1. The van der Waals surface area contributed by atoms with Crippen molar-refractivity contribution < 1.29 is 14.6 Å². The highest BCUT2D eigenvalue weighted by Crippen LogP contribution is 2.20. The average Bonchev–Trinajstić information content (AvgIpc) is 2.94. The maximum absolute atomic E-state index is 12.2. The molecule has 5 nitrogen and oxygen atoms in total. The minimum atomic E-state index is -0.456. The fourth-order valence-electron chi connectivity index (χ4n) is 2.83. The standard InChI is InChI=1S/C18H28N2O3/c1-18(2,3)23-17(22)20-9-5-8-16(20)12-19-11-14-6-4-7-15(10-14)13-21/h4,6-7,10,16,19,21H,5,8-9,11-13H2,1-3H3. The van der Waals surface area contributed by atoms with Gasteiger partial charge in [0.15, 0.2) is 0 Å². The van der Waals surface area contributed by atoms with Gasteiger partial charge in [-0.2, -0.15) is 0 Å². The smallest absolute Gasteiger partial charge is 0.410 e. The van der Waals surface area contributed by atoms with Gasteiger partial charge in [0.1, 0.15) is 5.60 Å². The van der Waals surface area contributed by atoms with Crippen molar-refractivity contribution in [2.45, 2.75) is 58.4 Å². The number of carbonyl (C=O) groups is 1. The first-order valence-corrected chi connectivity index (χ1v) is 8.28. The first-order valence-electron chi connectivity index (χ1n) is 8.28. The predicted molar refractivity (Wildman–Crippen MR) is 90.0 cm³/mol. The molecule has 1 heterocycles. The summed E-state index contributed by atoms with van der Waals surface area (Å²) < 4.78 is 5.48. The molecule has 0 aliphatic carbocycles. The Morgan fingerprint density at radius 1 is 1.39 bits per heavy atom. The number of ether oxygens (including phenoxy) is 1. The molecule has 0 saturated carbocycles. The van der Waals surface area contributed by atoms with E-state index in [4.69, 9.17) is 4.74 Å². The number of carbonyl (C=O) groups excluding carboxylic acids is 1. The molecule has 1 atom stereocenters. The van der Waals surface area contributed by atoms with Gasteiger partial charge < -0.3 is 20.1 Å². The third-order valence-electron chi connectivity index (χ3n) is 3.89. The largest absolute Gasteiger partial charge is 0.444 e. The molecule has 1 aliphatic heterocycles. The van der Waals surface area contributed by atoms with Crippen LogP contribution in [0.5, 0.6) is 0 Å². The summed E-state index contributed by atoms with van der Waals surface area (Å²) in [6.45, 7) is 7.98. The number of nitrogens with zero attached hydrogens (tertiary/aromatic N) is 1. The zero-order valence-electron chi connectivity index (χ0n) is 14.3. The lowest BCUT2D eigenvalue weighted by atomic mass is 10.1. The minimum Gasteiger partial charge on any atom is -0.444 e. The van der Waals surface area contributed by atoms with Crippen molar-refractivity contribution in [3.05, 3.63) is 35.4 Å². The molecule has 1 unspecified atom stereocenters. The number of hydrogen-bond donors (Lipinski definition) is 2. The summed E-state index contributed by atoms with van der Waals surface area (Å²) in [5.74, 6) is 0. The van der Waals surface area contributed by atoms with Gasteiger partial charge in [-0.15, -0.1) is 0 Å². The topological polar surface area (TPSA) is 61.8 Å². The van der Waals surface area contributed by atoms with Gasteiger partial charge >= 0.3 is 6.09 Å². The van der Waals surface area contributed by atoms with E-state index in [2.05, 4.69) is 5.32 Å². The van der Waals surface area contributed by atoms with Crippen molar-refractivity contribution in [1.29, 1.82) is 0 Å². The van der Waals surface area contributed by atoms with Gasteiger partial charge in [-0.3, -0.25) is 0 Å². The molecule has 1 aromatic rings. The fourth-order valence-corrected chi connectivity index (χ4v) is 2.83. The van der Waals surface area contributed by atoms with Gasteiger partial charge in [0.25, 0.3) is 0 Å². The van der Waals surface area contributed by atoms with E-state index in [0.29, 0.717) is 0 Å². The van der Waals surface area contributed by atoms with Gasteiger partial charge in [0.05, 0.1) is 6.61 Å². The Labute approximate surface area is 138 Å². The summed E-state index contributed by atoms with van der Waals surface area (Å²) in [4.78, 5) is 14.1. The molecule has 1 aliphatic rings. The second-order valence-corrected chi connectivity index (χ2v) is 7.08. The van der Waals surface area contributed by atoms with Crippen LogP contribution in [0, 0.1) is 0 Å². The van der Waals surface area contributed by atoms with Crippen LogP contribution in [0.1, 0.15) is 44.7 Å². The Balaban J connectivity index is 1.83. The Bertz CT molecular complexity index is 525. The molecular weight excluding hydrogens is 292 g/mol. The lowest BCUT2D eigenvalue weighted by Crippen LogP contribution is -2.44. The maximum Gasteiger partial charge on any atom is 0.410 e. The van der Waals surface area contributed by atoms with E-state index in [1.807, 2.05) is 49.9 Å². The van der Waals surface area contributed by atoms with Crippen molar-refractivity contribution in [2.24, 2.45) is 0 Å². The van der Waals surface area contributed by atoms with Crippen molar-refractivity contribution in [3.8, 4) is 0 Å². The van der Waals surface area contributed by atoms with Crippen molar-refractivity contribution in [1.82, 2.24) is 10.2 Å². The highest BCUT2D eigenvalue weighted by Gasteiger charge is 2.31. The minimum absolute atomic E-state index is 0.0584. The Hall–Kier alpha value is -1.59. The SMILES string of the molecule is CC(C)(C)OC(=O)N1CCCC1CNCc1cccc(CO)c1. The molecule has 0 bridgehead atoms. The Morgan fingerprint density at radius 3 is 2.83 bits per heavy atom. The monoisotopic (exact) mass is 320 g/mol. The van der Waals surface area contributed by atoms with E-state index in [1.54, 1.807) is 0 Å². The molecule has 0 aromatic heterocycles. The molecule has 2 rings (SSSR count). The Morgan fingerprint density at radius 2 is 2.13 bits per heavy atom. The summed E-state index contributed by atoms with van der Waals surface area (Å²) in [7, 11) is 0. The second-order valence-electron chi connectivity index (χ2n) is 7.08. The normalized spacial score (nSPS) is 18.3. The van der Waals surface area contributed by atoms with Crippen molar-refractivity contribution in [2.75, 3.05) is 13.1 Å². The van der Waals surface area contributed by atoms with Gasteiger partial charge in [0, 0.05) is 25.7 Å². The molecule has 1 amide bonds. The summed E-state index contributed by atoms with van der Waals surface area (Å²) in [6, 6.07) is 8.07. The third kappa shape index (κ3) is 5.52. The summed E-state index contributed by atoms with van der Waals surface area (Å²) in [6.07, 6.45) is 1.80. The highest BCUT2D eigenvalue weighted by atomic mass is 16.6. The lowest BCUT2D eigenvalue weighted by molar-refractivity contribution is 0.0226. The maximum atomic E-state index is 12.2. The van der Waals surface area contributed by atoms with Crippen LogP contribution < -0.4 is 5.32 Å². The quantitative estimate of drug-likeness (QED) is 0.875. The number of amides is 1. The van der Waals surface area contributed by atoms with Gasteiger partial charge in [-0.1, -0.05) is 24.3 Å². The predicted octanol–water partition coefficient (Wildman–Crippen LogP) is 2.67. The van der Waals surface area contributed by atoms with Crippen LogP contribution in [0.4, 0.5) is 4.79 Å². The molecule has 23 heavy (non-hydrogen) atoms. The molecule has 0 radical (unpaired) electrons. The fraction of sp³-hybridized carbons (Fsp3) is 0.611. The van der Waals surface area contributed by atoms with Gasteiger partial charge in [-0.25, -0.2) is 4.79 Å². The van der Waals surface area contributed by atoms with E-state index < -0.39 is 5.60 Å². The third-order valence-corrected chi connectivity index (χ3v) is 3.89. The van der Waals surface area contributed by atoms with Crippen molar-refractivity contribution in [3.63, 3.8) is 0 Å². The Kier molecular flexibility index (Phi) is 6.02. The number of rotatable bonds is 5. The molecule has 5 heteroatoms. The molecule has 128 valence electrons. The van der Waals surface area contributed by atoms with E-state index in [0.717, 1.165) is 43.6 Å². The van der Waals surface area contributed by atoms with E-state index >= 15 is 0 Å². The van der Waals surface area contributed by atoms with Crippen LogP contribution >= 0.6 is 0 Å². The number of likely N-dealkylation sites (tertiary alicyclic amines) is 1. The number of aliphatic hydroxyl groups is 1. The number of hydrogen-bond acceptors (Lipinski definition) is 4. The molecule has 2 N–H and O–H groups in total. The van der Waals surface area contributed by atoms with E-state index in [-0.39, 0.29) is 18.7 Å². The summed E-state index contributed by atoms with van der Waals surface area (Å²) in [5.41, 5.74) is 1.60. The van der Waals surface area contributed by atoms with Crippen LogP contribution in [0.2, 0.25) is 0 Å². The van der Waals surface area contributed by atoms with E-state index in [9.17, 15) is 9.90 Å². The second kappa shape index (κ2) is 7.79. The summed E-state index contributed by atoms with van der Waals surface area (Å²) in [5, 5.41) is 12.6. The zero-order chi connectivity index (χ0) is 16.9. The number of benzene rings is 1. The first-order chi connectivity index (χ1) is 10.9. The van der Waals surface area contributed by atoms with Crippen LogP contribution in [0.15, 0.2) is 24.3 Å². The number of nitrogens with one attached hydrogen (secondary N) is 1. The molecular formula is C18H28N2O3. The van der Waals surface area contributed by atoms with Gasteiger partial charge in [-0.05, 0) is 44.7 Å².